The van der Waals surface area contributed by atoms with E-state index in [2.05, 4.69) is 47.1 Å². The third-order valence-corrected chi connectivity index (χ3v) is 4.42. The van der Waals surface area contributed by atoms with Crippen molar-refractivity contribution in [1.29, 1.82) is 0 Å². The van der Waals surface area contributed by atoms with Crippen molar-refractivity contribution >= 4 is 11.6 Å². The molecule has 0 saturated carbocycles. The topological polar surface area (TPSA) is 58.6 Å². The second-order valence-electron chi connectivity index (χ2n) is 6.26. The predicted octanol–water partition coefficient (Wildman–Crippen LogP) is 2.45. The highest BCUT2D eigenvalue weighted by atomic mass is 16.5. The summed E-state index contributed by atoms with van der Waals surface area (Å²) in [5.74, 6) is 0.370. The number of benzene rings is 1. The lowest BCUT2D eigenvalue weighted by Crippen LogP contribution is -2.49. The molecular formula is C19H24N4O2. The third kappa shape index (κ3) is 3.90. The molecule has 6 nitrogen and oxygen atoms in total. The number of piperazine rings is 1. The summed E-state index contributed by atoms with van der Waals surface area (Å²) in [5, 5.41) is 7.93. The van der Waals surface area contributed by atoms with Crippen LogP contribution in [-0.2, 0) is 0 Å². The number of carbonyl (C=O) groups excluding carboxylic acids is 1. The van der Waals surface area contributed by atoms with Crippen LogP contribution in [0.1, 0.15) is 28.5 Å². The van der Waals surface area contributed by atoms with E-state index in [-0.39, 0.29) is 5.91 Å². The lowest BCUT2D eigenvalue weighted by Gasteiger charge is -2.36. The zero-order valence-corrected chi connectivity index (χ0v) is 15.0. The number of rotatable bonds is 4. The molecule has 0 bridgehead atoms. The molecule has 2 heterocycles. The smallest absolute Gasteiger partial charge is 0.274 e. The molecule has 0 unspecified atom stereocenters. The summed E-state index contributed by atoms with van der Waals surface area (Å²) in [5.41, 5.74) is 4.14. The van der Waals surface area contributed by atoms with Gasteiger partial charge in [-0.25, -0.2) is 0 Å². The van der Waals surface area contributed by atoms with Crippen molar-refractivity contribution in [1.82, 2.24) is 15.1 Å². The summed E-state index contributed by atoms with van der Waals surface area (Å²) in [6, 6.07) is 9.86. The van der Waals surface area contributed by atoms with Gasteiger partial charge in [-0.15, -0.1) is 10.2 Å². The molecule has 6 heteroatoms. The van der Waals surface area contributed by atoms with Crippen molar-refractivity contribution in [2.24, 2.45) is 0 Å². The molecule has 2 aromatic rings. The van der Waals surface area contributed by atoms with Gasteiger partial charge in [0.05, 0.1) is 6.61 Å². The molecule has 0 aliphatic carbocycles. The Hall–Kier alpha value is -2.63. The molecule has 0 atom stereocenters. The van der Waals surface area contributed by atoms with Gasteiger partial charge in [-0.05, 0) is 44.0 Å². The Morgan fingerprint density at radius 3 is 2.48 bits per heavy atom. The van der Waals surface area contributed by atoms with E-state index in [1.54, 1.807) is 12.1 Å². The fourth-order valence-corrected chi connectivity index (χ4v) is 3.03. The van der Waals surface area contributed by atoms with E-state index in [9.17, 15) is 4.79 Å². The van der Waals surface area contributed by atoms with Crippen LogP contribution in [0.4, 0.5) is 5.69 Å². The summed E-state index contributed by atoms with van der Waals surface area (Å²) in [6.07, 6.45) is 0. The summed E-state index contributed by atoms with van der Waals surface area (Å²) < 4.78 is 5.26. The molecule has 1 aromatic heterocycles. The zero-order valence-electron chi connectivity index (χ0n) is 15.0. The maximum atomic E-state index is 12.6. The Balaban J connectivity index is 1.63. The first kappa shape index (κ1) is 17.2. The minimum atomic E-state index is -0.0730. The van der Waals surface area contributed by atoms with E-state index >= 15 is 0 Å². The minimum absolute atomic E-state index is 0.0730. The van der Waals surface area contributed by atoms with Crippen molar-refractivity contribution in [3.05, 3.63) is 47.2 Å². The Labute approximate surface area is 148 Å². The Morgan fingerprint density at radius 2 is 1.84 bits per heavy atom. The summed E-state index contributed by atoms with van der Waals surface area (Å²) in [6.45, 7) is 9.65. The second kappa shape index (κ2) is 7.51. The lowest BCUT2D eigenvalue weighted by molar-refractivity contribution is 0.0739. The lowest BCUT2D eigenvalue weighted by atomic mass is 10.1. The van der Waals surface area contributed by atoms with Crippen LogP contribution in [0.15, 0.2) is 30.3 Å². The number of aryl methyl sites for hydroxylation is 2. The van der Waals surface area contributed by atoms with Gasteiger partial charge in [0.2, 0.25) is 5.88 Å². The molecule has 25 heavy (non-hydrogen) atoms. The van der Waals surface area contributed by atoms with E-state index in [0.717, 1.165) is 13.1 Å². The number of hydrogen-bond donors (Lipinski definition) is 0. The molecule has 3 rings (SSSR count). The number of nitrogens with zero attached hydrogens (tertiary/aromatic N) is 4. The van der Waals surface area contributed by atoms with Crippen LogP contribution in [0.3, 0.4) is 0 Å². The molecule has 1 saturated heterocycles. The second-order valence-corrected chi connectivity index (χ2v) is 6.26. The quantitative estimate of drug-likeness (QED) is 0.856. The molecule has 132 valence electrons. The number of anilines is 1. The van der Waals surface area contributed by atoms with Crippen LogP contribution in [0.2, 0.25) is 0 Å². The highest BCUT2D eigenvalue weighted by Crippen LogP contribution is 2.23. The van der Waals surface area contributed by atoms with Gasteiger partial charge in [0.1, 0.15) is 0 Å². The van der Waals surface area contributed by atoms with Crippen LogP contribution < -0.4 is 9.64 Å². The van der Waals surface area contributed by atoms with Crippen molar-refractivity contribution < 1.29 is 9.53 Å². The Kier molecular flexibility index (Phi) is 5.16. The molecule has 0 N–H and O–H groups in total. The molecule has 1 aromatic carbocycles. The number of ether oxygens (including phenoxy) is 1. The molecule has 1 fully saturated rings. The first-order valence-electron chi connectivity index (χ1n) is 8.66. The largest absolute Gasteiger partial charge is 0.477 e. The van der Waals surface area contributed by atoms with E-state index in [1.807, 2.05) is 11.8 Å². The van der Waals surface area contributed by atoms with Crippen LogP contribution in [0.25, 0.3) is 0 Å². The molecule has 1 aliphatic heterocycles. The van der Waals surface area contributed by atoms with Gasteiger partial charge in [-0.3, -0.25) is 4.79 Å². The first-order chi connectivity index (χ1) is 12.1. The molecule has 1 aliphatic rings. The first-order valence-corrected chi connectivity index (χ1v) is 8.66. The van der Waals surface area contributed by atoms with Crippen molar-refractivity contribution in [2.75, 3.05) is 37.7 Å². The van der Waals surface area contributed by atoms with Gasteiger partial charge >= 0.3 is 0 Å². The fourth-order valence-electron chi connectivity index (χ4n) is 3.03. The average molecular weight is 340 g/mol. The monoisotopic (exact) mass is 340 g/mol. The van der Waals surface area contributed by atoms with Gasteiger partial charge < -0.3 is 14.5 Å². The fraction of sp³-hybridized carbons (Fsp3) is 0.421. The van der Waals surface area contributed by atoms with E-state index in [1.165, 1.54) is 16.8 Å². The van der Waals surface area contributed by atoms with Crippen molar-refractivity contribution in [3.63, 3.8) is 0 Å². The van der Waals surface area contributed by atoms with Gasteiger partial charge in [0.15, 0.2) is 5.69 Å². The number of hydrogen-bond acceptors (Lipinski definition) is 5. The van der Waals surface area contributed by atoms with Crippen LogP contribution >= 0.6 is 0 Å². The van der Waals surface area contributed by atoms with E-state index in [0.29, 0.717) is 31.3 Å². The number of aromatic nitrogens is 2. The van der Waals surface area contributed by atoms with Crippen molar-refractivity contribution in [3.8, 4) is 5.88 Å². The van der Waals surface area contributed by atoms with Gasteiger partial charge in [-0.1, -0.05) is 12.1 Å². The minimum Gasteiger partial charge on any atom is -0.477 e. The van der Waals surface area contributed by atoms with E-state index < -0.39 is 0 Å². The third-order valence-electron chi connectivity index (χ3n) is 4.42. The Bertz CT molecular complexity index is 738. The maximum Gasteiger partial charge on any atom is 0.274 e. The van der Waals surface area contributed by atoms with E-state index in [4.69, 9.17) is 4.74 Å². The predicted molar refractivity (Wildman–Crippen MR) is 97.2 cm³/mol. The van der Waals surface area contributed by atoms with Crippen LogP contribution in [-0.4, -0.2) is 53.8 Å². The summed E-state index contributed by atoms with van der Waals surface area (Å²) >= 11 is 0. The molecule has 0 radical (unpaired) electrons. The molecule has 1 amide bonds. The Morgan fingerprint density at radius 1 is 1.08 bits per heavy atom. The normalized spacial score (nSPS) is 14.5. The maximum absolute atomic E-state index is 12.6. The van der Waals surface area contributed by atoms with Gasteiger partial charge in [-0.2, -0.15) is 0 Å². The standard InChI is InChI=1S/C19H24N4O2/c1-4-25-18-8-7-16(20-21-18)19(24)23-11-9-22(10-12-23)17-13-14(2)5-6-15(17)3/h5-8,13H,4,9-12H2,1-3H3. The van der Waals surface area contributed by atoms with Gasteiger partial charge in [0, 0.05) is 37.9 Å². The molecule has 0 spiro atoms. The van der Waals surface area contributed by atoms with Crippen LogP contribution in [0.5, 0.6) is 5.88 Å². The van der Waals surface area contributed by atoms with Crippen molar-refractivity contribution in [2.45, 2.75) is 20.8 Å². The zero-order chi connectivity index (χ0) is 17.8. The number of carbonyl (C=O) groups is 1. The number of amides is 1. The summed E-state index contributed by atoms with van der Waals surface area (Å²) in [7, 11) is 0. The SMILES string of the molecule is CCOc1ccc(C(=O)N2CCN(c3cc(C)ccc3C)CC2)nn1. The van der Waals surface area contributed by atoms with Gasteiger partial charge in [0.25, 0.3) is 5.91 Å². The van der Waals surface area contributed by atoms with Crippen LogP contribution in [0, 0.1) is 13.8 Å². The molecular weight excluding hydrogens is 316 g/mol. The highest BCUT2D eigenvalue weighted by Gasteiger charge is 2.24. The highest BCUT2D eigenvalue weighted by molar-refractivity contribution is 5.92. The summed E-state index contributed by atoms with van der Waals surface area (Å²) in [4.78, 5) is 16.8. The average Bonchev–Trinajstić information content (AvgIpc) is 2.64.